The maximum absolute atomic E-state index is 12.9. The minimum Gasteiger partial charge on any atom is -0.476 e. The van der Waals surface area contributed by atoms with Crippen LogP contribution in [0.3, 0.4) is 0 Å². The molecule has 5 heteroatoms. The Hall–Kier alpha value is -2.82. The quantitative estimate of drug-likeness (QED) is 0.758. The number of carbonyl (C=O) groups excluding carboxylic acids is 2. The van der Waals surface area contributed by atoms with Crippen LogP contribution in [0.1, 0.15) is 49.2 Å². The molecule has 0 saturated heterocycles. The number of aryl methyl sites for hydroxylation is 1. The van der Waals surface area contributed by atoms with Gasteiger partial charge in [0, 0.05) is 0 Å². The minimum absolute atomic E-state index is 0.0936. The average Bonchev–Trinajstić information content (AvgIpc) is 2.59. The van der Waals surface area contributed by atoms with Crippen molar-refractivity contribution < 1.29 is 19.1 Å². The first-order valence-electron chi connectivity index (χ1n) is 9.09. The normalized spacial score (nSPS) is 15.3. The first-order chi connectivity index (χ1) is 12.7. The topological polar surface area (TPSA) is 55.8 Å². The van der Waals surface area contributed by atoms with Crippen LogP contribution in [0.5, 0.6) is 5.75 Å². The molecule has 2 aromatic carbocycles. The lowest BCUT2D eigenvalue weighted by atomic mass is 10.0. The molecule has 0 bridgehead atoms. The fraction of sp³-hybridized carbons (Fsp3) is 0.364. The number of hydrogen-bond donors (Lipinski definition) is 0. The molecular formula is C22H25NO4. The Labute approximate surface area is 159 Å². The van der Waals surface area contributed by atoms with Gasteiger partial charge in [0.2, 0.25) is 0 Å². The van der Waals surface area contributed by atoms with Crippen LogP contribution in [0.2, 0.25) is 0 Å². The van der Waals surface area contributed by atoms with Gasteiger partial charge in [-0.2, -0.15) is 0 Å². The molecular weight excluding hydrogens is 342 g/mol. The number of ether oxygens (including phenoxy) is 2. The Morgan fingerprint density at radius 2 is 1.81 bits per heavy atom. The van der Waals surface area contributed by atoms with E-state index in [1.807, 2.05) is 51.1 Å². The number of amides is 1. The van der Waals surface area contributed by atoms with Crippen molar-refractivity contribution in [2.24, 2.45) is 0 Å². The molecule has 27 heavy (non-hydrogen) atoms. The van der Waals surface area contributed by atoms with Crippen LogP contribution in [-0.4, -0.2) is 23.6 Å². The summed E-state index contributed by atoms with van der Waals surface area (Å²) in [4.78, 5) is 26.7. The number of rotatable bonds is 4. The summed E-state index contributed by atoms with van der Waals surface area (Å²) in [7, 11) is 0. The lowest BCUT2D eigenvalue weighted by Crippen LogP contribution is -2.52. The van der Waals surface area contributed by atoms with Gasteiger partial charge in [0.25, 0.3) is 5.91 Å². The molecule has 0 spiro atoms. The molecule has 0 aromatic heterocycles. The van der Waals surface area contributed by atoms with Crippen LogP contribution >= 0.6 is 0 Å². The highest BCUT2D eigenvalue weighted by atomic mass is 16.5. The standard InChI is InChI=1S/C22H25NO4/c1-14(2)26-20(24)17-9-7-16(8-10-17)13-23-18-12-15(3)6-11-19(18)27-22(4,5)21(23)25/h6-12,14H,13H2,1-5H3. The minimum atomic E-state index is -0.927. The Morgan fingerprint density at radius 1 is 1.15 bits per heavy atom. The van der Waals surface area contributed by atoms with E-state index in [9.17, 15) is 9.59 Å². The number of carbonyl (C=O) groups is 2. The van der Waals surface area contributed by atoms with Crippen molar-refractivity contribution in [1.82, 2.24) is 0 Å². The number of anilines is 1. The zero-order valence-electron chi connectivity index (χ0n) is 16.4. The second kappa shape index (κ2) is 7.06. The van der Waals surface area contributed by atoms with Crippen molar-refractivity contribution >= 4 is 17.6 Å². The Morgan fingerprint density at radius 3 is 2.44 bits per heavy atom. The molecule has 0 radical (unpaired) electrons. The molecule has 5 nitrogen and oxygen atoms in total. The van der Waals surface area contributed by atoms with E-state index >= 15 is 0 Å². The summed E-state index contributed by atoms with van der Waals surface area (Å²) in [6.07, 6.45) is -0.162. The van der Waals surface area contributed by atoms with Crippen molar-refractivity contribution in [2.75, 3.05) is 4.90 Å². The average molecular weight is 367 g/mol. The summed E-state index contributed by atoms with van der Waals surface area (Å²) in [5.74, 6) is 0.257. The number of fused-ring (bicyclic) bond motifs is 1. The second-order valence-corrected chi connectivity index (χ2v) is 7.63. The Kier molecular flexibility index (Phi) is 4.96. The number of benzene rings is 2. The molecule has 1 aliphatic heterocycles. The van der Waals surface area contributed by atoms with Crippen molar-refractivity contribution in [3.8, 4) is 5.75 Å². The smallest absolute Gasteiger partial charge is 0.338 e. The van der Waals surface area contributed by atoms with Gasteiger partial charge in [0.05, 0.1) is 23.9 Å². The van der Waals surface area contributed by atoms with Crippen molar-refractivity contribution in [3.63, 3.8) is 0 Å². The van der Waals surface area contributed by atoms with Crippen LogP contribution in [0.15, 0.2) is 42.5 Å². The van der Waals surface area contributed by atoms with E-state index in [0.717, 1.165) is 16.8 Å². The van der Waals surface area contributed by atoms with E-state index in [4.69, 9.17) is 9.47 Å². The highest BCUT2D eigenvalue weighted by molar-refractivity contribution is 6.02. The molecule has 0 unspecified atom stereocenters. The zero-order valence-corrected chi connectivity index (χ0v) is 16.4. The van der Waals surface area contributed by atoms with Gasteiger partial charge in [-0.25, -0.2) is 4.79 Å². The highest BCUT2D eigenvalue weighted by Crippen LogP contribution is 2.39. The van der Waals surface area contributed by atoms with Gasteiger partial charge < -0.3 is 14.4 Å². The summed E-state index contributed by atoms with van der Waals surface area (Å²) in [5.41, 5.74) is 2.32. The van der Waals surface area contributed by atoms with E-state index in [1.165, 1.54) is 0 Å². The highest BCUT2D eigenvalue weighted by Gasteiger charge is 2.40. The fourth-order valence-electron chi connectivity index (χ4n) is 3.05. The first-order valence-corrected chi connectivity index (χ1v) is 9.09. The molecule has 142 valence electrons. The summed E-state index contributed by atoms with van der Waals surface area (Å²) >= 11 is 0. The molecule has 1 heterocycles. The molecule has 0 saturated carbocycles. The maximum atomic E-state index is 12.9. The van der Waals surface area contributed by atoms with E-state index < -0.39 is 5.60 Å². The molecule has 0 aliphatic carbocycles. The third-order valence-electron chi connectivity index (χ3n) is 4.40. The van der Waals surface area contributed by atoms with Crippen LogP contribution in [0.25, 0.3) is 0 Å². The summed E-state index contributed by atoms with van der Waals surface area (Å²) in [5, 5.41) is 0. The number of esters is 1. The summed E-state index contributed by atoms with van der Waals surface area (Å²) < 4.78 is 11.1. The van der Waals surface area contributed by atoms with Crippen molar-refractivity contribution in [3.05, 3.63) is 59.2 Å². The molecule has 0 N–H and O–H groups in total. The monoisotopic (exact) mass is 367 g/mol. The van der Waals surface area contributed by atoms with Crippen molar-refractivity contribution in [2.45, 2.75) is 52.9 Å². The fourth-order valence-corrected chi connectivity index (χ4v) is 3.05. The SMILES string of the molecule is Cc1ccc2c(c1)N(Cc1ccc(C(=O)OC(C)C)cc1)C(=O)C(C)(C)O2. The molecule has 0 atom stereocenters. The van der Waals surface area contributed by atoms with Gasteiger partial charge in [-0.3, -0.25) is 4.79 Å². The van der Waals surface area contributed by atoms with Crippen LogP contribution in [-0.2, 0) is 16.1 Å². The van der Waals surface area contributed by atoms with E-state index in [-0.39, 0.29) is 18.0 Å². The largest absolute Gasteiger partial charge is 0.476 e. The van der Waals surface area contributed by atoms with Gasteiger partial charge in [0.15, 0.2) is 5.60 Å². The van der Waals surface area contributed by atoms with Crippen molar-refractivity contribution in [1.29, 1.82) is 0 Å². The van der Waals surface area contributed by atoms with E-state index in [2.05, 4.69) is 0 Å². The number of hydrogen-bond acceptors (Lipinski definition) is 4. The summed E-state index contributed by atoms with van der Waals surface area (Å²) in [6, 6.07) is 13.0. The lowest BCUT2D eigenvalue weighted by Gasteiger charge is -2.39. The maximum Gasteiger partial charge on any atom is 0.338 e. The van der Waals surface area contributed by atoms with E-state index in [1.54, 1.807) is 30.9 Å². The van der Waals surface area contributed by atoms with Gasteiger partial charge in [-0.15, -0.1) is 0 Å². The van der Waals surface area contributed by atoms with Gasteiger partial charge in [-0.1, -0.05) is 18.2 Å². The molecule has 1 amide bonds. The Balaban J connectivity index is 1.87. The van der Waals surface area contributed by atoms with Gasteiger partial charge in [0.1, 0.15) is 5.75 Å². The van der Waals surface area contributed by atoms with Gasteiger partial charge >= 0.3 is 5.97 Å². The lowest BCUT2D eigenvalue weighted by molar-refractivity contribution is -0.132. The number of nitrogens with zero attached hydrogens (tertiary/aromatic N) is 1. The van der Waals surface area contributed by atoms with Crippen LogP contribution in [0, 0.1) is 6.92 Å². The zero-order chi connectivity index (χ0) is 19.8. The van der Waals surface area contributed by atoms with Crippen LogP contribution in [0.4, 0.5) is 5.69 Å². The molecule has 3 rings (SSSR count). The van der Waals surface area contributed by atoms with Gasteiger partial charge in [-0.05, 0) is 70.0 Å². The van der Waals surface area contributed by atoms with Crippen LogP contribution < -0.4 is 9.64 Å². The third kappa shape index (κ3) is 3.97. The second-order valence-electron chi connectivity index (χ2n) is 7.63. The predicted octanol–water partition coefficient (Wildman–Crippen LogP) is 4.26. The molecule has 2 aromatic rings. The predicted molar refractivity (Wildman–Crippen MR) is 104 cm³/mol. The molecule has 0 fully saturated rings. The Bertz CT molecular complexity index is 868. The van der Waals surface area contributed by atoms with E-state index in [0.29, 0.717) is 17.9 Å². The summed E-state index contributed by atoms with van der Waals surface area (Å²) in [6.45, 7) is 9.57. The third-order valence-corrected chi connectivity index (χ3v) is 4.40. The first kappa shape index (κ1) is 19.0. The molecule has 1 aliphatic rings.